The van der Waals surface area contributed by atoms with Crippen LogP contribution in [-0.2, 0) is 16.1 Å². The van der Waals surface area contributed by atoms with Crippen LogP contribution in [0.2, 0.25) is 0 Å². The SMILES string of the molecule is Cl.NC1CCC(C(=O)N(Cc2ccccc2)CC2CCOCC2)C1. The number of nitrogens with two attached hydrogens (primary N) is 1. The second-order valence-electron chi connectivity index (χ2n) is 7.03. The molecule has 1 aromatic rings. The summed E-state index contributed by atoms with van der Waals surface area (Å²) in [6.45, 7) is 3.21. The summed E-state index contributed by atoms with van der Waals surface area (Å²) in [6.07, 6.45) is 4.88. The monoisotopic (exact) mass is 352 g/mol. The molecule has 4 nitrogen and oxygen atoms in total. The summed E-state index contributed by atoms with van der Waals surface area (Å²) in [5, 5.41) is 0. The van der Waals surface area contributed by atoms with Crippen LogP contribution >= 0.6 is 12.4 Å². The molecule has 1 aliphatic heterocycles. The van der Waals surface area contributed by atoms with Crippen LogP contribution in [0.5, 0.6) is 0 Å². The van der Waals surface area contributed by atoms with Gasteiger partial charge in [-0.05, 0) is 43.6 Å². The minimum atomic E-state index is 0. The van der Waals surface area contributed by atoms with E-state index in [1.54, 1.807) is 0 Å². The molecule has 0 radical (unpaired) electrons. The molecule has 1 saturated carbocycles. The largest absolute Gasteiger partial charge is 0.381 e. The molecule has 2 fully saturated rings. The van der Waals surface area contributed by atoms with Gasteiger partial charge < -0.3 is 15.4 Å². The van der Waals surface area contributed by atoms with Crippen molar-refractivity contribution in [3.05, 3.63) is 35.9 Å². The Morgan fingerprint density at radius 3 is 2.46 bits per heavy atom. The Balaban J connectivity index is 0.00000208. The highest BCUT2D eigenvalue weighted by Gasteiger charge is 2.32. The molecule has 0 bridgehead atoms. The molecular formula is C19H29ClN2O2. The van der Waals surface area contributed by atoms with Crippen molar-refractivity contribution in [2.24, 2.45) is 17.6 Å². The topological polar surface area (TPSA) is 55.6 Å². The van der Waals surface area contributed by atoms with Gasteiger partial charge in [0.15, 0.2) is 0 Å². The van der Waals surface area contributed by atoms with E-state index in [0.29, 0.717) is 18.4 Å². The van der Waals surface area contributed by atoms with Crippen molar-refractivity contribution in [3.63, 3.8) is 0 Å². The van der Waals surface area contributed by atoms with Crippen molar-refractivity contribution in [2.75, 3.05) is 19.8 Å². The van der Waals surface area contributed by atoms with Gasteiger partial charge in [-0.2, -0.15) is 0 Å². The maximum atomic E-state index is 13.0. The van der Waals surface area contributed by atoms with Gasteiger partial charge >= 0.3 is 0 Å². The Labute approximate surface area is 151 Å². The number of nitrogens with zero attached hydrogens (tertiary/aromatic N) is 1. The first kappa shape index (κ1) is 19.2. The highest BCUT2D eigenvalue weighted by Crippen LogP contribution is 2.28. The Morgan fingerprint density at radius 2 is 1.83 bits per heavy atom. The summed E-state index contributed by atoms with van der Waals surface area (Å²) in [5.74, 6) is 0.980. The first-order valence-electron chi connectivity index (χ1n) is 8.88. The maximum Gasteiger partial charge on any atom is 0.226 e. The predicted octanol–water partition coefficient (Wildman–Crippen LogP) is 2.99. The summed E-state index contributed by atoms with van der Waals surface area (Å²) >= 11 is 0. The van der Waals surface area contributed by atoms with E-state index in [0.717, 1.165) is 51.9 Å². The van der Waals surface area contributed by atoms with Crippen molar-refractivity contribution in [1.82, 2.24) is 4.90 Å². The fraction of sp³-hybridized carbons (Fsp3) is 0.632. The first-order valence-corrected chi connectivity index (χ1v) is 8.88. The zero-order chi connectivity index (χ0) is 16.1. The molecule has 1 aromatic carbocycles. The smallest absolute Gasteiger partial charge is 0.226 e. The molecule has 2 unspecified atom stereocenters. The number of rotatable bonds is 5. The third kappa shape index (κ3) is 5.20. The molecule has 24 heavy (non-hydrogen) atoms. The fourth-order valence-electron chi connectivity index (χ4n) is 3.78. The minimum Gasteiger partial charge on any atom is -0.381 e. The minimum absolute atomic E-state index is 0. The number of carbonyl (C=O) groups is 1. The average Bonchev–Trinajstić information content (AvgIpc) is 3.02. The molecule has 2 N–H and O–H groups in total. The third-order valence-electron chi connectivity index (χ3n) is 5.17. The standard InChI is InChI=1S/C19H28N2O2.ClH/c20-18-7-6-17(12-18)19(22)21(13-15-4-2-1-3-5-15)14-16-8-10-23-11-9-16;/h1-5,16-18H,6-14,20H2;1H. The van der Waals surface area contributed by atoms with Crippen LogP contribution < -0.4 is 5.73 Å². The number of benzene rings is 1. The van der Waals surface area contributed by atoms with Crippen molar-refractivity contribution >= 4 is 18.3 Å². The number of carbonyl (C=O) groups excluding carboxylic acids is 1. The fourth-order valence-corrected chi connectivity index (χ4v) is 3.78. The molecule has 0 spiro atoms. The molecule has 5 heteroatoms. The zero-order valence-corrected chi connectivity index (χ0v) is 15.0. The van der Waals surface area contributed by atoms with Crippen LogP contribution in [0.3, 0.4) is 0 Å². The summed E-state index contributed by atoms with van der Waals surface area (Å²) in [7, 11) is 0. The lowest BCUT2D eigenvalue weighted by atomic mass is 9.97. The van der Waals surface area contributed by atoms with Crippen LogP contribution in [0.15, 0.2) is 30.3 Å². The van der Waals surface area contributed by atoms with Crippen molar-refractivity contribution in [3.8, 4) is 0 Å². The molecule has 134 valence electrons. The van der Waals surface area contributed by atoms with Crippen molar-refractivity contribution < 1.29 is 9.53 Å². The van der Waals surface area contributed by atoms with Crippen LogP contribution in [0.4, 0.5) is 0 Å². The molecule has 0 aromatic heterocycles. The third-order valence-corrected chi connectivity index (χ3v) is 5.17. The number of hydrogen-bond acceptors (Lipinski definition) is 3. The van der Waals surface area contributed by atoms with E-state index >= 15 is 0 Å². The average molecular weight is 353 g/mol. The van der Waals surface area contributed by atoms with Gasteiger partial charge in [-0.15, -0.1) is 12.4 Å². The van der Waals surface area contributed by atoms with E-state index in [1.807, 2.05) is 18.2 Å². The Hall–Kier alpha value is -1.10. The van der Waals surface area contributed by atoms with Crippen LogP contribution in [-0.4, -0.2) is 36.6 Å². The van der Waals surface area contributed by atoms with E-state index in [9.17, 15) is 4.79 Å². The van der Waals surface area contributed by atoms with E-state index < -0.39 is 0 Å². The van der Waals surface area contributed by atoms with Crippen molar-refractivity contribution in [1.29, 1.82) is 0 Å². The van der Waals surface area contributed by atoms with Crippen molar-refractivity contribution in [2.45, 2.75) is 44.7 Å². The first-order chi connectivity index (χ1) is 11.2. The van der Waals surface area contributed by atoms with Crippen LogP contribution in [0.25, 0.3) is 0 Å². The number of ether oxygens (including phenoxy) is 1. The molecule has 1 heterocycles. The number of amides is 1. The normalized spacial score (nSPS) is 24.4. The van der Waals surface area contributed by atoms with E-state index in [4.69, 9.17) is 10.5 Å². The van der Waals surface area contributed by atoms with Gasteiger partial charge in [0.05, 0.1) is 0 Å². The molecule has 2 atom stereocenters. The molecule has 3 rings (SSSR count). The van der Waals surface area contributed by atoms with Gasteiger partial charge in [-0.25, -0.2) is 0 Å². The van der Waals surface area contributed by atoms with Gasteiger partial charge in [0.1, 0.15) is 0 Å². The quantitative estimate of drug-likeness (QED) is 0.886. The number of halogens is 1. The van der Waals surface area contributed by atoms with Gasteiger partial charge in [0.2, 0.25) is 5.91 Å². The number of hydrogen-bond donors (Lipinski definition) is 1. The zero-order valence-electron chi connectivity index (χ0n) is 14.2. The Kier molecular flexibility index (Phi) is 7.53. The second-order valence-corrected chi connectivity index (χ2v) is 7.03. The Bertz CT molecular complexity index is 505. The lowest BCUT2D eigenvalue weighted by Gasteiger charge is -2.31. The summed E-state index contributed by atoms with van der Waals surface area (Å²) in [4.78, 5) is 15.1. The van der Waals surface area contributed by atoms with E-state index in [2.05, 4.69) is 17.0 Å². The molecule has 2 aliphatic rings. The van der Waals surface area contributed by atoms with Gasteiger partial charge in [0.25, 0.3) is 0 Å². The lowest BCUT2D eigenvalue weighted by Crippen LogP contribution is -2.40. The highest BCUT2D eigenvalue weighted by atomic mass is 35.5. The molecule has 1 saturated heterocycles. The van der Waals surface area contributed by atoms with Gasteiger partial charge in [0, 0.05) is 38.3 Å². The van der Waals surface area contributed by atoms with Gasteiger partial charge in [-0.1, -0.05) is 30.3 Å². The van der Waals surface area contributed by atoms with Crippen LogP contribution in [0, 0.1) is 11.8 Å². The van der Waals surface area contributed by atoms with Gasteiger partial charge in [-0.3, -0.25) is 4.79 Å². The summed E-state index contributed by atoms with van der Waals surface area (Å²) < 4.78 is 5.45. The maximum absolute atomic E-state index is 13.0. The predicted molar refractivity (Wildman–Crippen MR) is 98.0 cm³/mol. The lowest BCUT2D eigenvalue weighted by molar-refractivity contribution is -0.137. The van der Waals surface area contributed by atoms with Crippen LogP contribution in [0.1, 0.15) is 37.7 Å². The Morgan fingerprint density at radius 1 is 1.12 bits per heavy atom. The highest BCUT2D eigenvalue weighted by molar-refractivity contribution is 5.85. The second kappa shape index (κ2) is 9.40. The molecule has 1 amide bonds. The van der Waals surface area contributed by atoms with E-state index in [-0.39, 0.29) is 24.4 Å². The van der Waals surface area contributed by atoms with E-state index in [1.165, 1.54) is 5.56 Å². The summed E-state index contributed by atoms with van der Waals surface area (Å²) in [5.41, 5.74) is 7.22. The summed E-state index contributed by atoms with van der Waals surface area (Å²) in [6, 6.07) is 10.5. The molecular weight excluding hydrogens is 324 g/mol. The molecule has 1 aliphatic carbocycles.